The van der Waals surface area contributed by atoms with Crippen LogP contribution in [0.25, 0.3) is 0 Å². The van der Waals surface area contributed by atoms with Crippen molar-refractivity contribution in [2.75, 3.05) is 11.9 Å². The predicted octanol–water partition coefficient (Wildman–Crippen LogP) is 3.45. The average Bonchev–Trinajstić information content (AvgIpc) is 2.52. The number of rotatable bonds is 6. The first kappa shape index (κ1) is 17.7. The minimum Gasteiger partial charge on any atom is -0.462 e. The smallest absolute Gasteiger partial charge is 0.338 e. The monoisotopic (exact) mass is 329 g/mol. The van der Waals surface area contributed by atoms with E-state index in [0.717, 1.165) is 11.4 Å². The molecule has 0 spiro atoms. The maximum Gasteiger partial charge on any atom is 0.338 e. The molecule has 1 aromatic carbocycles. The molecule has 24 heavy (non-hydrogen) atoms. The van der Waals surface area contributed by atoms with Crippen molar-refractivity contribution in [3.8, 4) is 0 Å². The fourth-order valence-electron chi connectivity index (χ4n) is 1.98. The van der Waals surface area contributed by atoms with Crippen LogP contribution in [0.5, 0.6) is 0 Å². The van der Waals surface area contributed by atoms with Gasteiger partial charge >= 0.3 is 5.97 Å². The molecule has 0 aliphatic heterocycles. The molecular weight excluding hydrogens is 306 g/mol. The SMILES string of the molecule is CC(C)COC(=O)c1ccc(Nc2nc(C(C)C)cc(=O)[nH]2)cc1. The molecule has 0 amide bonds. The van der Waals surface area contributed by atoms with E-state index in [1.165, 1.54) is 6.07 Å². The number of aromatic amines is 1. The average molecular weight is 329 g/mol. The van der Waals surface area contributed by atoms with Crippen LogP contribution in [0.15, 0.2) is 35.1 Å². The summed E-state index contributed by atoms with van der Waals surface area (Å²) >= 11 is 0. The molecule has 6 nitrogen and oxygen atoms in total. The van der Waals surface area contributed by atoms with Crippen LogP contribution in [0.1, 0.15) is 49.7 Å². The summed E-state index contributed by atoms with van der Waals surface area (Å²) in [7, 11) is 0. The van der Waals surface area contributed by atoms with Crippen LogP contribution in [0, 0.1) is 5.92 Å². The second-order valence-corrected chi connectivity index (χ2v) is 6.37. The second kappa shape index (κ2) is 7.77. The van der Waals surface area contributed by atoms with Gasteiger partial charge in [-0.3, -0.25) is 9.78 Å². The minimum atomic E-state index is -0.344. The molecule has 0 radical (unpaired) electrons. The highest BCUT2D eigenvalue weighted by Crippen LogP contribution is 2.16. The molecule has 0 aliphatic rings. The van der Waals surface area contributed by atoms with Crippen molar-refractivity contribution in [2.45, 2.75) is 33.6 Å². The first-order valence-electron chi connectivity index (χ1n) is 8.00. The van der Waals surface area contributed by atoms with E-state index in [2.05, 4.69) is 15.3 Å². The third-order valence-electron chi connectivity index (χ3n) is 3.28. The van der Waals surface area contributed by atoms with Gasteiger partial charge in [-0.25, -0.2) is 9.78 Å². The van der Waals surface area contributed by atoms with Gasteiger partial charge in [-0.1, -0.05) is 27.7 Å². The Morgan fingerprint density at radius 2 is 1.88 bits per heavy atom. The zero-order chi connectivity index (χ0) is 17.7. The third kappa shape index (κ3) is 4.94. The van der Waals surface area contributed by atoms with Crippen molar-refractivity contribution in [1.29, 1.82) is 0 Å². The summed E-state index contributed by atoms with van der Waals surface area (Å²) in [5.74, 6) is 0.488. The van der Waals surface area contributed by atoms with Crippen molar-refractivity contribution in [2.24, 2.45) is 5.92 Å². The van der Waals surface area contributed by atoms with Crippen LogP contribution in [0.2, 0.25) is 0 Å². The molecule has 0 bridgehead atoms. The highest BCUT2D eigenvalue weighted by molar-refractivity contribution is 5.89. The van der Waals surface area contributed by atoms with Crippen LogP contribution in [0.4, 0.5) is 11.6 Å². The topological polar surface area (TPSA) is 84.1 Å². The van der Waals surface area contributed by atoms with Gasteiger partial charge < -0.3 is 10.1 Å². The first-order chi connectivity index (χ1) is 11.3. The van der Waals surface area contributed by atoms with Gasteiger partial charge in [0.2, 0.25) is 5.95 Å². The molecule has 128 valence electrons. The van der Waals surface area contributed by atoms with Gasteiger partial charge in [-0.2, -0.15) is 0 Å². The number of benzene rings is 1. The summed E-state index contributed by atoms with van der Waals surface area (Å²) in [6.07, 6.45) is 0. The number of aromatic nitrogens is 2. The molecule has 0 fully saturated rings. The van der Waals surface area contributed by atoms with Gasteiger partial charge in [0, 0.05) is 11.8 Å². The summed E-state index contributed by atoms with van der Waals surface area (Å²) in [5, 5.41) is 3.04. The lowest BCUT2D eigenvalue weighted by atomic mass is 10.1. The largest absolute Gasteiger partial charge is 0.462 e. The number of hydrogen-bond acceptors (Lipinski definition) is 5. The van der Waals surface area contributed by atoms with Crippen molar-refractivity contribution >= 4 is 17.6 Å². The molecular formula is C18H23N3O3. The van der Waals surface area contributed by atoms with E-state index in [0.29, 0.717) is 24.0 Å². The Balaban J connectivity index is 2.09. The Morgan fingerprint density at radius 3 is 2.46 bits per heavy atom. The second-order valence-electron chi connectivity index (χ2n) is 6.37. The van der Waals surface area contributed by atoms with Gasteiger partial charge in [-0.15, -0.1) is 0 Å². The lowest BCUT2D eigenvalue weighted by Gasteiger charge is -2.10. The molecule has 0 saturated heterocycles. The molecule has 6 heteroatoms. The molecule has 0 unspecified atom stereocenters. The fourth-order valence-corrected chi connectivity index (χ4v) is 1.98. The lowest BCUT2D eigenvalue weighted by Crippen LogP contribution is -2.13. The van der Waals surface area contributed by atoms with Crippen LogP contribution >= 0.6 is 0 Å². The molecule has 2 rings (SSSR count). The zero-order valence-electron chi connectivity index (χ0n) is 14.4. The van der Waals surface area contributed by atoms with E-state index in [9.17, 15) is 9.59 Å². The van der Waals surface area contributed by atoms with E-state index in [1.807, 2.05) is 27.7 Å². The highest BCUT2D eigenvalue weighted by atomic mass is 16.5. The van der Waals surface area contributed by atoms with Gasteiger partial charge in [0.15, 0.2) is 0 Å². The van der Waals surface area contributed by atoms with E-state index >= 15 is 0 Å². The summed E-state index contributed by atoms with van der Waals surface area (Å²) in [5.41, 5.74) is 1.72. The lowest BCUT2D eigenvalue weighted by molar-refractivity contribution is 0.0459. The van der Waals surface area contributed by atoms with Crippen LogP contribution in [-0.2, 0) is 4.74 Å². The number of H-pyrrole nitrogens is 1. The maximum absolute atomic E-state index is 11.9. The van der Waals surface area contributed by atoms with Gasteiger partial charge in [-0.05, 0) is 36.1 Å². The van der Waals surface area contributed by atoms with E-state index < -0.39 is 0 Å². The number of carbonyl (C=O) groups excluding carboxylic acids is 1. The summed E-state index contributed by atoms with van der Waals surface area (Å²) < 4.78 is 5.19. The fraction of sp³-hybridized carbons (Fsp3) is 0.389. The molecule has 2 N–H and O–H groups in total. The number of nitrogens with zero attached hydrogens (tertiary/aromatic N) is 1. The Hall–Kier alpha value is -2.63. The molecule has 0 atom stereocenters. The molecule has 1 aromatic heterocycles. The summed E-state index contributed by atoms with van der Waals surface area (Å²) in [6, 6.07) is 8.33. The van der Waals surface area contributed by atoms with Gasteiger partial charge in [0.05, 0.1) is 17.9 Å². The summed E-state index contributed by atoms with van der Waals surface area (Å²) in [6.45, 7) is 8.32. The van der Waals surface area contributed by atoms with Crippen molar-refractivity contribution in [3.63, 3.8) is 0 Å². The van der Waals surface area contributed by atoms with Crippen LogP contribution < -0.4 is 10.9 Å². The maximum atomic E-state index is 11.9. The number of nitrogens with one attached hydrogen (secondary N) is 2. The normalized spacial score (nSPS) is 10.9. The molecule has 0 aliphatic carbocycles. The Morgan fingerprint density at radius 1 is 1.21 bits per heavy atom. The minimum absolute atomic E-state index is 0.158. The van der Waals surface area contributed by atoms with Crippen molar-refractivity contribution in [3.05, 3.63) is 51.9 Å². The predicted molar refractivity (Wildman–Crippen MR) is 93.8 cm³/mol. The quantitative estimate of drug-likeness (QED) is 0.793. The number of carbonyl (C=O) groups is 1. The molecule has 2 aromatic rings. The summed E-state index contributed by atoms with van der Waals surface area (Å²) in [4.78, 5) is 30.6. The van der Waals surface area contributed by atoms with Crippen molar-refractivity contribution < 1.29 is 9.53 Å². The van der Waals surface area contributed by atoms with E-state index in [4.69, 9.17) is 4.74 Å². The van der Waals surface area contributed by atoms with Gasteiger partial charge in [0.25, 0.3) is 5.56 Å². The van der Waals surface area contributed by atoms with E-state index in [1.54, 1.807) is 24.3 Å². The molecule has 1 heterocycles. The first-order valence-corrected chi connectivity index (χ1v) is 8.00. The van der Waals surface area contributed by atoms with E-state index in [-0.39, 0.29) is 17.4 Å². The Bertz CT molecular complexity index is 749. The number of hydrogen-bond donors (Lipinski definition) is 2. The number of esters is 1. The Kier molecular flexibility index (Phi) is 5.73. The van der Waals surface area contributed by atoms with Crippen LogP contribution in [0.3, 0.4) is 0 Å². The van der Waals surface area contributed by atoms with Gasteiger partial charge in [0.1, 0.15) is 0 Å². The molecule has 0 saturated carbocycles. The highest BCUT2D eigenvalue weighted by Gasteiger charge is 2.09. The van der Waals surface area contributed by atoms with Crippen molar-refractivity contribution in [1.82, 2.24) is 9.97 Å². The number of ether oxygens (including phenoxy) is 1. The Labute approximate surface area is 141 Å². The number of anilines is 2. The standard InChI is InChI=1S/C18H23N3O3/c1-11(2)10-24-17(23)13-5-7-14(8-6-13)19-18-20-15(12(3)4)9-16(22)21-18/h5-9,11-12H,10H2,1-4H3,(H2,19,20,21,22). The van der Waals surface area contributed by atoms with Crippen LogP contribution in [-0.4, -0.2) is 22.5 Å². The zero-order valence-corrected chi connectivity index (χ0v) is 14.4. The third-order valence-corrected chi connectivity index (χ3v) is 3.28.